The lowest BCUT2D eigenvalue weighted by Crippen LogP contribution is -1.88. The molecule has 2 N–H and O–H groups in total. The van der Waals surface area contributed by atoms with Gasteiger partial charge in [-0.2, -0.15) is 4.98 Å². The summed E-state index contributed by atoms with van der Waals surface area (Å²) in [5.74, 6) is 0. The predicted molar refractivity (Wildman–Crippen MR) is 48.9 cm³/mol. The van der Waals surface area contributed by atoms with Crippen molar-refractivity contribution in [3.63, 3.8) is 0 Å². The van der Waals surface area contributed by atoms with Gasteiger partial charge in [0.25, 0.3) is 6.01 Å². The first-order valence-electron chi connectivity index (χ1n) is 3.90. The molecule has 2 aromatic heterocycles. The van der Waals surface area contributed by atoms with Gasteiger partial charge in [-0.3, -0.25) is 4.98 Å². The van der Waals surface area contributed by atoms with Crippen molar-refractivity contribution in [1.29, 1.82) is 0 Å². The highest BCUT2D eigenvalue weighted by atomic mass is 16.4. The summed E-state index contributed by atoms with van der Waals surface area (Å²) in [6.45, 7) is 1.97. The van der Waals surface area contributed by atoms with Gasteiger partial charge in [0.15, 0.2) is 0 Å². The van der Waals surface area contributed by atoms with Crippen LogP contribution in [0.15, 0.2) is 29.0 Å². The monoisotopic (exact) mass is 175 g/mol. The molecular weight excluding hydrogens is 166 g/mol. The average molecular weight is 175 g/mol. The number of hydrogen-bond acceptors (Lipinski definition) is 4. The molecule has 0 aliphatic carbocycles. The van der Waals surface area contributed by atoms with Crippen LogP contribution in [-0.4, -0.2) is 9.97 Å². The summed E-state index contributed by atoms with van der Waals surface area (Å²) in [7, 11) is 0. The van der Waals surface area contributed by atoms with Gasteiger partial charge in [0.1, 0.15) is 12.0 Å². The third-order valence-electron chi connectivity index (χ3n) is 1.77. The minimum atomic E-state index is 0.167. The molecule has 4 heteroatoms. The topological polar surface area (TPSA) is 64.9 Å². The van der Waals surface area contributed by atoms with E-state index in [1.54, 1.807) is 6.20 Å². The van der Waals surface area contributed by atoms with Gasteiger partial charge in [0.05, 0.1) is 5.69 Å². The molecule has 0 spiro atoms. The normalized spacial score (nSPS) is 10.2. The molecule has 0 bridgehead atoms. The quantitative estimate of drug-likeness (QED) is 0.715. The average Bonchev–Trinajstić information content (AvgIpc) is 2.53. The zero-order valence-corrected chi connectivity index (χ0v) is 7.19. The van der Waals surface area contributed by atoms with Gasteiger partial charge >= 0.3 is 0 Å². The molecular formula is C9H9N3O. The molecule has 0 fully saturated rings. The van der Waals surface area contributed by atoms with Gasteiger partial charge in [-0.25, -0.2) is 0 Å². The van der Waals surface area contributed by atoms with Gasteiger partial charge in [0, 0.05) is 6.20 Å². The van der Waals surface area contributed by atoms with Crippen LogP contribution in [0.3, 0.4) is 0 Å². The van der Waals surface area contributed by atoms with E-state index in [1.165, 1.54) is 6.26 Å². The molecule has 0 unspecified atom stereocenters. The number of aromatic nitrogens is 2. The lowest BCUT2D eigenvalue weighted by atomic mass is 10.2. The molecule has 0 saturated carbocycles. The minimum absolute atomic E-state index is 0.167. The molecule has 2 heterocycles. The fourth-order valence-corrected chi connectivity index (χ4v) is 1.15. The molecule has 0 aromatic carbocycles. The molecule has 2 aromatic rings. The van der Waals surface area contributed by atoms with Gasteiger partial charge in [-0.1, -0.05) is 6.07 Å². The number of nitrogens with two attached hydrogens (primary N) is 1. The Bertz CT molecular complexity index is 422. The van der Waals surface area contributed by atoms with Crippen LogP contribution in [0.1, 0.15) is 5.56 Å². The number of oxazole rings is 1. The van der Waals surface area contributed by atoms with E-state index in [-0.39, 0.29) is 6.01 Å². The smallest absolute Gasteiger partial charge is 0.292 e. The van der Waals surface area contributed by atoms with Gasteiger partial charge in [-0.05, 0) is 18.6 Å². The van der Waals surface area contributed by atoms with E-state index in [1.807, 2.05) is 19.1 Å². The van der Waals surface area contributed by atoms with Gasteiger partial charge in [-0.15, -0.1) is 0 Å². The van der Waals surface area contributed by atoms with E-state index in [0.717, 1.165) is 11.3 Å². The molecule has 2 rings (SSSR count). The van der Waals surface area contributed by atoms with E-state index in [4.69, 9.17) is 10.2 Å². The summed E-state index contributed by atoms with van der Waals surface area (Å²) in [4.78, 5) is 8.17. The molecule has 0 aliphatic heterocycles. The van der Waals surface area contributed by atoms with Crippen LogP contribution >= 0.6 is 0 Å². The third kappa shape index (κ3) is 1.38. The van der Waals surface area contributed by atoms with E-state index in [9.17, 15) is 0 Å². The van der Waals surface area contributed by atoms with Crippen molar-refractivity contribution in [2.45, 2.75) is 6.92 Å². The third-order valence-corrected chi connectivity index (χ3v) is 1.77. The van der Waals surface area contributed by atoms with Crippen molar-refractivity contribution < 1.29 is 4.42 Å². The van der Waals surface area contributed by atoms with Crippen LogP contribution in [0.2, 0.25) is 0 Å². The van der Waals surface area contributed by atoms with Crippen LogP contribution < -0.4 is 5.73 Å². The summed E-state index contributed by atoms with van der Waals surface area (Å²) < 4.78 is 4.90. The van der Waals surface area contributed by atoms with Gasteiger partial charge < -0.3 is 10.2 Å². The zero-order chi connectivity index (χ0) is 9.26. The predicted octanol–water partition coefficient (Wildman–Crippen LogP) is 1.63. The lowest BCUT2D eigenvalue weighted by molar-refractivity contribution is 0.581. The highest BCUT2D eigenvalue weighted by molar-refractivity contribution is 5.57. The molecule has 13 heavy (non-hydrogen) atoms. The van der Waals surface area contributed by atoms with Crippen molar-refractivity contribution in [3.05, 3.63) is 30.2 Å². The minimum Gasteiger partial charge on any atom is -0.432 e. The summed E-state index contributed by atoms with van der Waals surface area (Å²) >= 11 is 0. The van der Waals surface area contributed by atoms with Crippen molar-refractivity contribution >= 4 is 6.01 Å². The second-order valence-electron chi connectivity index (χ2n) is 2.74. The SMILES string of the molecule is Cc1cccnc1-c1coc(N)n1. The largest absolute Gasteiger partial charge is 0.432 e. The summed E-state index contributed by atoms with van der Waals surface area (Å²) in [5.41, 5.74) is 7.90. The van der Waals surface area contributed by atoms with Crippen LogP contribution in [0.25, 0.3) is 11.4 Å². The number of nitrogen functional groups attached to an aromatic ring is 1. The summed E-state index contributed by atoms with van der Waals surface area (Å²) in [6, 6.07) is 4.01. The van der Waals surface area contributed by atoms with E-state index in [0.29, 0.717) is 5.69 Å². The Morgan fingerprint density at radius 2 is 2.31 bits per heavy atom. The summed E-state index contributed by atoms with van der Waals surface area (Å²) in [6.07, 6.45) is 3.22. The summed E-state index contributed by atoms with van der Waals surface area (Å²) in [5, 5.41) is 0. The van der Waals surface area contributed by atoms with Crippen LogP contribution in [-0.2, 0) is 0 Å². The van der Waals surface area contributed by atoms with Crippen LogP contribution in [0, 0.1) is 6.92 Å². The number of aryl methyl sites for hydroxylation is 1. The zero-order valence-electron chi connectivity index (χ0n) is 7.19. The maximum atomic E-state index is 5.36. The fourth-order valence-electron chi connectivity index (χ4n) is 1.15. The maximum Gasteiger partial charge on any atom is 0.292 e. The number of pyridine rings is 1. The Morgan fingerprint density at radius 1 is 1.46 bits per heavy atom. The molecule has 0 amide bonds. The Morgan fingerprint density at radius 3 is 2.92 bits per heavy atom. The molecule has 66 valence electrons. The Kier molecular flexibility index (Phi) is 1.73. The van der Waals surface area contributed by atoms with Gasteiger partial charge in [0.2, 0.25) is 0 Å². The first-order chi connectivity index (χ1) is 6.27. The maximum absolute atomic E-state index is 5.36. The molecule has 0 radical (unpaired) electrons. The van der Waals surface area contributed by atoms with Crippen LogP contribution in [0.4, 0.5) is 6.01 Å². The molecule has 0 saturated heterocycles. The van der Waals surface area contributed by atoms with Crippen molar-refractivity contribution in [1.82, 2.24) is 9.97 Å². The molecule has 4 nitrogen and oxygen atoms in total. The van der Waals surface area contributed by atoms with Crippen molar-refractivity contribution in [2.24, 2.45) is 0 Å². The highest BCUT2D eigenvalue weighted by Gasteiger charge is 2.06. The molecule has 0 aliphatic rings. The Labute approximate surface area is 75.4 Å². The Balaban J connectivity index is 2.52. The number of rotatable bonds is 1. The van der Waals surface area contributed by atoms with Crippen molar-refractivity contribution in [3.8, 4) is 11.4 Å². The lowest BCUT2D eigenvalue weighted by Gasteiger charge is -1.97. The number of nitrogens with zero attached hydrogens (tertiary/aromatic N) is 2. The first-order valence-corrected chi connectivity index (χ1v) is 3.90. The second kappa shape index (κ2) is 2.90. The standard InChI is InChI=1S/C9H9N3O/c1-6-3-2-4-11-8(6)7-5-13-9(10)12-7/h2-5H,1H3,(H2,10,12). The van der Waals surface area contributed by atoms with E-state index < -0.39 is 0 Å². The Hall–Kier alpha value is -1.84. The molecule has 0 atom stereocenters. The number of hydrogen-bond donors (Lipinski definition) is 1. The fraction of sp³-hybridized carbons (Fsp3) is 0.111. The number of anilines is 1. The van der Waals surface area contributed by atoms with Crippen LogP contribution in [0.5, 0.6) is 0 Å². The second-order valence-corrected chi connectivity index (χ2v) is 2.74. The highest BCUT2D eigenvalue weighted by Crippen LogP contribution is 2.19. The first kappa shape index (κ1) is 7.79. The van der Waals surface area contributed by atoms with Crippen molar-refractivity contribution in [2.75, 3.05) is 5.73 Å². The van der Waals surface area contributed by atoms with E-state index in [2.05, 4.69) is 9.97 Å². The van der Waals surface area contributed by atoms with E-state index >= 15 is 0 Å².